The van der Waals surface area contributed by atoms with Gasteiger partial charge in [0, 0.05) is 18.8 Å². The number of carbonyl (C=O) groups is 1. The molecular weight excluding hydrogens is 323 g/mol. The summed E-state index contributed by atoms with van der Waals surface area (Å²) >= 11 is 0. The van der Waals surface area contributed by atoms with Crippen LogP contribution in [-0.4, -0.2) is 25.6 Å². The molecule has 0 spiro atoms. The fourth-order valence-electron chi connectivity index (χ4n) is 2.35. The Morgan fingerprint density at radius 2 is 2.00 bits per heavy atom. The van der Waals surface area contributed by atoms with E-state index in [1.165, 1.54) is 12.1 Å². The largest absolute Gasteiger partial charge is 0.332 e. The monoisotopic (exact) mass is 342 g/mol. The summed E-state index contributed by atoms with van der Waals surface area (Å²) in [6, 6.07) is 9.25. The first kappa shape index (κ1) is 16.7. The van der Waals surface area contributed by atoms with E-state index in [0.717, 1.165) is 18.7 Å². The predicted molar refractivity (Wildman–Crippen MR) is 91.9 cm³/mol. The summed E-state index contributed by atoms with van der Waals surface area (Å²) in [5, 5.41) is 14.0. The number of nitrogens with zero attached hydrogens (tertiary/aromatic N) is 4. The average molecular weight is 342 g/mol. The number of nitrogens with one attached hydrogen (secondary N) is 2. The van der Waals surface area contributed by atoms with E-state index in [9.17, 15) is 9.18 Å². The molecule has 25 heavy (non-hydrogen) atoms. The Morgan fingerprint density at radius 1 is 1.20 bits per heavy atom. The second-order valence-corrected chi connectivity index (χ2v) is 5.48. The topological polar surface area (TPSA) is 76.8 Å². The van der Waals surface area contributed by atoms with Crippen LogP contribution in [0.4, 0.5) is 15.0 Å². The van der Waals surface area contributed by atoms with Crippen molar-refractivity contribution in [2.24, 2.45) is 0 Å². The third kappa shape index (κ3) is 4.23. The number of amides is 2. The zero-order valence-corrected chi connectivity index (χ0v) is 13.8. The smallest absolute Gasteiger partial charge is 0.320 e. The molecule has 0 fully saturated rings. The van der Waals surface area contributed by atoms with E-state index in [1.807, 2.05) is 6.92 Å². The van der Waals surface area contributed by atoms with E-state index in [1.54, 1.807) is 46.0 Å². The fraction of sp³-hybridized carbons (Fsp3) is 0.235. The molecule has 130 valence electrons. The molecule has 1 aromatic carbocycles. The molecule has 0 aliphatic carbocycles. The summed E-state index contributed by atoms with van der Waals surface area (Å²) in [5.41, 5.74) is 1.45. The highest BCUT2D eigenvalue weighted by Crippen LogP contribution is 2.09. The minimum Gasteiger partial charge on any atom is -0.332 e. The summed E-state index contributed by atoms with van der Waals surface area (Å²) in [4.78, 5) is 12.0. The maximum atomic E-state index is 13.0. The number of urea groups is 1. The lowest BCUT2D eigenvalue weighted by molar-refractivity contribution is 0.251. The van der Waals surface area contributed by atoms with E-state index >= 15 is 0 Å². The molecule has 0 saturated heterocycles. The Morgan fingerprint density at radius 3 is 2.76 bits per heavy atom. The lowest BCUT2D eigenvalue weighted by atomic mass is 10.3. The molecule has 0 unspecified atom stereocenters. The molecule has 8 heteroatoms. The van der Waals surface area contributed by atoms with Gasteiger partial charge in [-0.25, -0.2) is 18.5 Å². The minimum absolute atomic E-state index is 0.280. The number of rotatable bonds is 6. The summed E-state index contributed by atoms with van der Waals surface area (Å²) in [7, 11) is 0. The van der Waals surface area contributed by atoms with Crippen molar-refractivity contribution in [3.8, 4) is 5.69 Å². The fourth-order valence-corrected chi connectivity index (χ4v) is 2.35. The van der Waals surface area contributed by atoms with Gasteiger partial charge in [0.05, 0.1) is 24.1 Å². The molecule has 0 radical (unpaired) electrons. The van der Waals surface area contributed by atoms with Gasteiger partial charge in [0.1, 0.15) is 11.6 Å². The van der Waals surface area contributed by atoms with Gasteiger partial charge in [-0.2, -0.15) is 10.2 Å². The molecule has 0 saturated carbocycles. The molecule has 0 atom stereocenters. The van der Waals surface area contributed by atoms with Gasteiger partial charge in [0.15, 0.2) is 0 Å². The van der Waals surface area contributed by atoms with E-state index in [4.69, 9.17) is 0 Å². The van der Waals surface area contributed by atoms with Crippen LogP contribution in [0.3, 0.4) is 0 Å². The normalized spacial score (nSPS) is 10.6. The van der Waals surface area contributed by atoms with E-state index < -0.39 is 0 Å². The van der Waals surface area contributed by atoms with Crippen LogP contribution >= 0.6 is 0 Å². The number of hydrogen-bond donors (Lipinski definition) is 2. The van der Waals surface area contributed by atoms with Crippen molar-refractivity contribution in [1.29, 1.82) is 0 Å². The highest BCUT2D eigenvalue weighted by Gasteiger charge is 2.08. The first-order valence-corrected chi connectivity index (χ1v) is 8.03. The summed E-state index contributed by atoms with van der Waals surface area (Å²) < 4.78 is 16.3. The van der Waals surface area contributed by atoms with E-state index in [2.05, 4.69) is 20.8 Å². The van der Waals surface area contributed by atoms with Crippen LogP contribution in [0.25, 0.3) is 5.69 Å². The van der Waals surface area contributed by atoms with Crippen LogP contribution in [0.2, 0.25) is 0 Å². The zero-order chi connectivity index (χ0) is 17.6. The molecule has 2 N–H and O–H groups in total. The Hall–Kier alpha value is -3.16. The second-order valence-electron chi connectivity index (χ2n) is 5.48. The van der Waals surface area contributed by atoms with Crippen LogP contribution < -0.4 is 10.6 Å². The van der Waals surface area contributed by atoms with Gasteiger partial charge in [0.25, 0.3) is 0 Å². The van der Waals surface area contributed by atoms with Crippen molar-refractivity contribution in [2.45, 2.75) is 26.4 Å². The third-order valence-corrected chi connectivity index (χ3v) is 3.56. The van der Waals surface area contributed by atoms with Crippen LogP contribution in [0.1, 0.15) is 19.0 Å². The minimum atomic E-state index is -0.325. The van der Waals surface area contributed by atoms with Gasteiger partial charge >= 0.3 is 6.03 Å². The molecule has 3 aromatic rings. The third-order valence-electron chi connectivity index (χ3n) is 3.56. The summed E-state index contributed by atoms with van der Waals surface area (Å²) in [6.45, 7) is 3.07. The van der Waals surface area contributed by atoms with Crippen molar-refractivity contribution in [2.75, 3.05) is 5.32 Å². The average Bonchev–Trinajstić information content (AvgIpc) is 3.24. The van der Waals surface area contributed by atoms with Gasteiger partial charge in [-0.05, 0) is 36.8 Å². The van der Waals surface area contributed by atoms with E-state index in [-0.39, 0.29) is 18.4 Å². The van der Waals surface area contributed by atoms with Crippen LogP contribution in [0.15, 0.2) is 48.8 Å². The number of halogens is 1. The maximum Gasteiger partial charge on any atom is 0.320 e. The molecule has 7 nitrogen and oxygen atoms in total. The van der Waals surface area contributed by atoms with Crippen LogP contribution in [-0.2, 0) is 13.1 Å². The van der Waals surface area contributed by atoms with Crippen molar-refractivity contribution >= 4 is 11.8 Å². The SMILES string of the molecule is CCCn1nccc1NC(=O)NCc1ccn(-c2ccc(F)cc2)n1. The predicted octanol–water partition coefficient (Wildman–Crippen LogP) is 2.94. The first-order chi connectivity index (χ1) is 12.2. The Kier molecular flexibility index (Phi) is 5.08. The molecule has 3 rings (SSSR count). The molecule has 2 aromatic heterocycles. The second kappa shape index (κ2) is 7.61. The highest BCUT2D eigenvalue weighted by atomic mass is 19.1. The number of hydrogen-bond acceptors (Lipinski definition) is 3. The first-order valence-electron chi connectivity index (χ1n) is 8.03. The van der Waals surface area contributed by atoms with Crippen molar-refractivity contribution < 1.29 is 9.18 Å². The van der Waals surface area contributed by atoms with Crippen LogP contribution in [0, 0.1) is 5.82 Å². The standard InChI is InChI=1S/C17H19FN6O/c1-2-10-24-16(7-9-20-24)21-17(25)19-12-14-8-11-23(22-14)15-5-3-13(18)4-6-15/h3-9,11H,2,10,12H2,1H3,(H2,19,21,25). The number of aromatic nitrogens is 4. The quantitative estimate of drug-likeness (QED) is 0.723. The summed E-state index contributed by atoms with van der Waals surface area (Å²) in [6.07, 6.45) is 4.34. The number of aryl methyl sites for hydroxylation is 1. The van der Waals surface area contributed by atoms with Gasteiger partial charge in [0.2, 0.25) is 0 Å². The van der Waals surface area contributed by atoms with Crippen LogP contribution in [0.5, 0.6) is 0 Å². The van der Waals surface area contributed by atoms with Crippen molar-refractivity contribution in [1.82, 2.24) is 24.9 Å². The number of carbonyl (C=O) groups excluding carboxylic acids is 1. The molecule has 2 amide bonds. The molecule has 0 aliphatic rings. The molecule has 0 bridgehead atoms. The van der Waals surface area contributed by atoms with Crippen molar-refractivity contribution in [3.63, 3.8) is 0 Å². The zero-order valence-electron chi connectivity index (χ0n) is 13.8. The molecule has 0 aliphatic heterocycles. The van der Waals surface area contributed by atoms with E-state index in [0.29, 0.717) is 11.5 Å². The van der Waals surface area contributed by atoms with Crippen molar-refractivity contribution in [3.05, 3.63) is 60.3 Å². The number of benzene rings is 1. The Balaban J connectivity index is 1.56. The molecule has 2 heterocycles. The lowest BCUT2D eigenvalue weighted by Crippen LogP contribution is -2.29. The Labute approximate surface area is 144 Å². The van der Waals surface area contributed by atoms with Gasteiger partial charge < -0.3 is 5.32 Å². The maximum absolute atomic E-state index is 13.0. The number of anilines is 1. The summed E-state index contributed by atoms with van der Waals surface area (Å²) in [5.74, 6) is 0.355. The van der Waals surface area contributed by atoms with Gasteiger partial charge in [-0.1, -0.05) is 6.92 Å². The van der Waals surface area contributed by atoms with Gasteiger partial charge in [-0.3, -0.25) is 5.32 Å². The molecular formula is C17H19FN6O. The van der Waals surface area contributed by atoms with Gasteiger partial charge in [-0.15, -0.1) is 0 Å². The highest BCUT2D eigenvalue weighted by molar-refractivity contribution is 5.88. The Bertz CT molecular complexity index is 839. The lowest BCUT2D eigenvalue weighted by Gasteiger charge is -2.08.